The number of halogens is 2. The molecule has 0 radical (unpaired) electrons. The second-order valence-corrected chi connectivity index (χ2v) is 3.06. The van der Waals surface area contributed by atoms with E-state index in [0.717, 1.165) is 28.1 Å². The summed E-state index contributed by atoms with van der Waals surface area (Å²) in [5.41, 5.74) is 2.24. The van der Waals surface area contributed by atoms with Crippen molar-refractivity contribution in [2.75, 3.05) is 0 Å². The fourth-order valence-electron chi connectivity index (χ4n) is 0.807. The smallest absolute Gasteiger partial charge is 0.300 e. The molecule has 0 atom stereocenters. The number of benzene rings is 1. The quantitative estimate of drug-likeness (QED) is 0.717. The summed E-state index contributed by atoms with van der Waals surface area (Å²) in [6.45, 7) is 1.08. The van der Waals surface area contributed by atoms with E-state index in [0.29, 0.717) is 0 Å². The zero-order valence-electron chi connectivity index (χ0n) is 6.27. The Labute approximate surface area is 79.7 Å². The third kappa shape index (κ3) is 1.54. The molecule has 2 aliphatic rings. The van der Waals surface area contributed by atoms with Gasteiger partial charge in [0, 0.05) is 18.1 Å². The van der Waals surface area contributed by atoms with Gasteiger partial charge in [-0.3, -0.25) is 4.79 Å². The molecule has 0 saturated carbocycles. The van der Waals surface area contributed by atoms with Gasteiger partial charge in [0.05, 0.1) is 10.0 Å². The molecule has 0 fully saturated rings. The topological polar surface area (TPSA) is 37.3 Å². The molecular weight excluding hydrogens is 199 g/mol. The maximum Gasteiger partial charge on any atom is 0.300 e. The molecule has 12 heavy (non-hydrogen) atoms. The van der Waals surface area contributed by atoms with Gasteiger partial charge in [-0.15, -0.1) is 0 Å². The SMILES string of the molecule is CC(=O)O.Clc1c2ccc-2c1Cl. The van der Waals surface area contributed by atoms with Gasteiger partial charge in [-0.05, 0) is 0 Å². The minimum Gasteiger partial charge on any atom is -0.481 e. The maximum atomic E-state index is 9.00. The molecule has 1 N–H and O–H groups in total. The lowest BCUT2D eigenvalue weighted by Crippen LogP contribution is -1.93. The van der Waals surface area contributed by atoms with Crippen LogP contribution in [0.5, 0.6) is 0 Å². The average Bonchev–Trinajstić information content (AvgIpc) is 1.84. The molecule has 0 aromatic heterocycles. The van der Waals surface area contributed by atoms with Gasteiger partial charge in [-0.25, -0.2) is 0 Å². The monoisotopic (exact) mass is 204 g/mol. The van der Waals surface area contributed by atoms with Gasteiger partial charge in [0.25, 0.3) is 5.97 Å². The Morgan fingerprint density at radius 3 is 1.58 bits per heavy atom. The predicted octanol–water partition coefficient (Wildman–Crippen LogP) is 3.06. The third-order valence-corrected chi connectivity index (χ3v) is 2.25. The van der Waals surface area contributed by atoms with E-state index in [9.17, 15) is 0 Å². The molecule has 0 heterocycles. The Kier molecular flexibility index (Phi) is 2.60. The summed E-state index contributed by atoms with van der Waals surface area (Å²) in [4.78, 5) is 9.00. The molecule has 0 saturated heterocycles. The van der Waals surface area contributed by atoms with E-state index in [-0.39, 0.29) is 0 Å². The number of hydrogen-bond acceptors (Lipinski definition) is 1. The summed E-state index contributed by atoms with van der Waals surface area (Å²) < 4.78 is 0. The van der Waals surface area contributed by atoms with Crippen LogP contribution in [0.25, 0.3) is 11.1 Å². The van der Waals surface area contributed by atoms with Crippen LogP contribution in [-0.2, 0) is 4.79 Å². The van der Waals surface area contributed by atoms with Gasteiger partial charge in [0.15, 0.2) is 0 Å². The van der Waals surface area contributed by atoms with Crippen molar-refractivity contribution >= 4 is 29.2 Å². The van der Waals surface area contributed by atoms with Gasteiger partial charge < -0.3 is 5.11 Å². The van der Waals surface area contributed by atoms with E-state index in [2.05, 4.69) is 0 Å². The summed E-state index contributed by atoms with van der Waals surface area (Å²) in [5, 5.41) is 8.87. The number of carboxylic acid groups (broad SMARTS) is 1. The number of hydrogen-bond donors (Lipinski definition) is 1. The summed E-state index contributed by atoms with van der Waals surface area (Å²) >= 11 is 11.3. The minimum atomic E-state index is -0.833. The highest BCUT2D eigenvalue weighted by Gasteiger charge is 2.22. The molecule has 0 spiro atoms. The molecule has 2 aliphatic carbocycles. The lowest BCUT2D eigenvalue weighted by Gasteiger charge is -2.19. The summed E-state index contributed by atoms with van der Waals surface area (Å²) in [7, 11) is 0. The molecule has 64 valence electrons. The maximum absolute atomic E-state index is 9.00. The first-order valence-electron chi connectivity index (χ1n) is 3.22. The van der Waals surface area contributed by atoms with Crippen LogP contribution in [-0.4, -0.2) is 11.1 Å². The molecule has 0 aromatic rings. The average molecular weight is 205 g/mol. The Balaban J connectivity index is 0.000000157. The van der Waals surface area contributed by atoms with E-state index in [1.807, 2.05) is 12.1 Å². The Morgan fingerprint density at radius 1 is 1.25 bits per heavy atom. The van der Waals surface area contributed by atoms with Crippen LogP contribution in [0.4, 0.5) is 0 Å². The van der Waals surface area contributed by atoms with Crippen molar-refractivity contribution in [1.29, 1.82) is 0 Å². The normalized spacial score (nSPS) is 9.92. The number of carbonyl (C=O) groups is 1. The largest absolute Gasteiger partial charge is 0.481 e. The van der Waals surface area contributed by atoms with Crippen molar-refractivity contribution in [3.63, 3.8) is 0 Å². The van der Waals surface area contributed by atoms with E-state index in [4.69, 9.17) is 33.1 Å². The van der Waals surface area contributed by atoms with Gasteiger partial charge in [0.1, 0.15) is 0 Å². The zero-order valence-corrected chi connectivity index (χ0v) is 7.78. The fraction of sp³-hybridized carbons (Fsp3) is 0.125. The number of aliphatic carboxylic acids is 1. The highest BCUT2D eigenvalue weighted by atomic mass is 35.5. The highest BCUT2D eigenvalue weighted by Crippen LogP contribution is 2.49. The summed E-state index contributed by atoms with van der Waals surface area (Å²) in [6.07, 6.45) is 0. The first kappa shape index (κ1) is 9.36. The summed E-state index contributed by atoms with van der Waals surface area (Å²) in [5.74, 6) is -0.833. The minimum absolute atomic E-state index is 0.726. The first-order chi connectivity index (χ1) is 5.54. The van der Waals surface area contributed by atoms with Gasteiger partial charge in [0.2, 0.25) is 0 Å². The third-order valence-electron chi connectivity index (χ3n) is 1.37. The second-order valence-electron chi connectivity index (χ2n) is 2.31. The Hall–Kier alpha value is -0.730. The van der Waals surface area contributed by atoms with Gasteiger partial charge in [-0.2, -0.15) is 0 Å². The molecule has 2 nitrogen and oxygen atoms in total. The lowest BCUT2D eigenvalue weighted by atomic mass is 9.94. The van der Waals surface area contributed by atoms with Crippen LogP contribution in [0, 0.1) is 0 Å². The lowest BCUT2D eigenvalue weighted by molar-refractivity contribution is -0.134. The van der Waals surface area contributed by atoms with Crippen molar-refractivity contribution in [1.82, 2.24) is 0 Å². The van der Waals surface area contributed by atoms with Crippen molar-refractivity contribution < 1.29 is 9.90 Å². The number of fused-ring (bicyclic) bond motifs is 1. The molecule has 0 unspecified atom stereocenters. The van der Waals surface area contributed by atoms with Crippen LogP contribution in [0.3, 0.4) is 0 Å². The zero-order chi connectivity index (χ0) is 9.30. The highest BCUT2D eigenvalue weighted by molar-refractivity contribution is 6.49. The molecule has 4 heteroatoms. The van der Waals surface area contributed by atoms with Crippen molar-refractivity contribution in [3.05, 3.63) is 22.2 Å². The molecule has 0 aliphatic heterocycles. The van der Waals surface area contributed by atoms with Crippen molar-refractivity contribution in [2.24, 2.45) is 0 Å². The fourth-order valence-corrected chi connectivity index (χ4v) is 1.34. The Bertz CT molecular complexity index is 303. The van der Waals surface area contributed by atoms with E-state index in [1.165, 1.54) is 0 Å². The van der Waals surface area contributed by atoms with Gasteiger partial charge in [-0.1, -0.05) is 35.3 Å². The molecule has 0 bridgehead atoms. The van der Waals surface area contributed by atoms with Crippen LogP contribution in [0.15, 0.2) is 12.1 Å². The molecule has 2 rings (SSSR count). The number of rotatable bonds is 0. The summed E-state index contributed by atoms with van der Waals surface area (Å²) in [6, 6.07) is 3.92. The molecule has 0 aromatic carbocycles. The Morgan fingerprint density at radius 2 is 1.50 bits per heavy atom. The first-order valence-corrected chi connectivity index (χ1v) is 3.97. The van der Waals surface area contributed by atoms with E-state index >= 15 is 0 Å². The van der Waals surface area contributed by atoms with E-state index < -0.39 is 5.97 Å². The van der Waals surface area contributed by atoms with Crippen LogP contribution in [0.2, 0.25) is 10.0 Å². The van der Waals surface area contributed by atoms with Crippen molar-refractivity contribution in [2.45, 2.75) is 6.92 Å². The van der Waals surface area contributed by atoms with E-state index in [1.54, 1.807) is 0 Å². The number of carboxylic acids is 1. The molecular formula is C8H6Cl2O2. The second kappa shape index (κ2) is 3.33. The predicted molar refractivity (Wildman–Crippen MR) is 48.8 cm³/mol. The van der Waals surface area contributed by atoms with Crippen LogP contribution < -0.4 is 0 Å². The van der Waals surface area contributed by atoms with Gasteiger partial charge >= 0.3 is 0 Å². The molecule has 0 amide bonds. The van der Waals surface area contributed by atoms with Crippen molar-refractivity contribution in [3.8, 4) is 11.1 Å². The standard InChI is InChI=1S/C6H2Cl2.C2H4O2/c7-5-3-1-2-4(3)6(5)8;1-2(3)4/h1-2H;1H3,(H,3,4). The van der Waals surface area contributed by atoms with Crippen LogP contribution in [0.1, 0.15) is 6.92 Å². The van der Waals surface area contributed by atoms with Crippen LogP contribution >= 0.6 is 23.2 Å².